The monoisotopic (exact) mass is 460 g/mol. The summed E-state index contributed by atoms with van der Waals surface area (Å²) >= 11 is 1.79. The highest BCUT2D eigenvalue weighted by molar-refractivity contribution is 7.18. The maximum atomic E-state index is 13.1. The van der Waals surface area contributed by atoms with Crippen molar-refractivity contribution in [2.24, 2.45) is 0 Å². The van der Waals surface area contributed by atoms with E-state index in [1.54, 1.807) is 11.3 Å². The molecule has 1 unspecified atom stereocenters. The number of fused-ring (bicyclic) bond motifs is 1. The lowest BCUT2D eigenvalue weighted by Gasteiger charge is -2.36. The average molecular weight is 461 g/mol. The van der Waals surface area contributed by atoms with Gasteiger partial charge in [0, 0.05) is 51.7 Å². The molecule has 5 rings (SSSR count). The lowest BCUT2D eigenvalue weighted by molar-refractivity contribution is -0.134. The fraction of sp³-hybridized carbons (Fsp3) is 0.407. The first kappa shape index (κ1) is 22.3. The number of carbonyl (C=O) groups excluding carboxylic acids is 1. The van der Waals surface area contributed by atoms with Crippen LogP contribution in [0.4, 0.5) is 0 Å². The lowest BCUT2D eigenvalue weighted by Crippen LogP contribution is -2.51. The maximum Gasteiger partial charge on any atom is 0.236 e. The Hall–Kier alpha value is -2.54. The number of benzene rings is 2. The van der Waals surface area contributed by atoms with Crippen LogP contribution in [0.3, 0.4) is 0 Å². The first-order chi connectivity index (χ1) is 16.2. The summed E-state index contributed by atoms with van der Waals surface area (Å²) in [7, 11) is 0. The number of piperazine rings is 1. The summed E-state index contributed by atoms with van der Waals surface area (Å²) in [6.07, 6.45) is 6.62. The van der Waals surface area contributed by atoms with Gasteiger partial charge in [0.25, 0.3) is 0 Å². The number of nitrogens with zero attached hydrogens (tertiary/aromatic N) is 4. The number of thiazole rings is 1. The predicted octanol–water partition coefficient (Wildman–Crippen LogP) is 4.33. The molecule has 1 atom stereocenters. The molecule has 0 radical (unpaired) electrons. The third-order valence-corrected chi connectivity index (χ3v) is 7.93. The molecule has 3 heterocycles. The van der Waals surface area contributed by atoms with Crippen LogP contribution in [-0.2, 0) is 4.79 Å². The fourth-order valence-electron chi connectivity index (χ4n) is 4.79. The Morgan fingerprint density at radius 3 is 2.55 bits per heavy atom. The molecule has 0 spiro atoms. The molecule has 0 saturated carbocycles. The van der Waals surface area contributed by atoms with Crippen LogP contribution < -0.4 is 0 Å². The molecule has 1 amide bonds. The van der Waals surface area contributed by atoms with E-state index in [1.807, 2.05) is 12.1 Å². The van der Waals surface area contributed by atoms with Crippen molar-refractivity contribution < 1.29 is 4.79 Å². The van der Waals surface area contributed by atoms with E-state index in [4.69, 9.17) is 4.98 Å². The minimum atomic E-state index is 0.276. The van der Waals surface area contributed by atoms with Gasteiger partial charge in [-0.15, -0.1) is 11.3 Å². The first-order valence-electron chi connectivity index (χ1n) is 12.0. The molecule has 5 nitrogen and oxygen atoms in total. The second-order valence-electron chi connectivity index (χ2n) is 9.09. The molecule has 33 heavy (non-hydrogen) atoms. The van der Waals surface area contributed by atoms with Crippen LogP contribution in [0.15, 0.2) is 60.7 Å². The van der Waals surface area contributed by atoms with Crippen LogP contribution in [0.5, 0.6) is 0 Å². The van der Waals surface area contributed by atoms with Gasteiger partial charge >= 0.3 is 0 Å². The van der Waals surface area contributed by atoms with Gasteiger partial charge in [0.2, 0.25) is 5.91 Å². The van der Waals surface area contributed by atoms with Gasteiger partial charge in [-0.05, 0) is 30.5 Å². The van der Waals surface area contributed by atoms with E-state index in [9.17, 15) is 4.79 Å². The molecular formula is C27H32N4OS. The largest absolute Gasteiger partial charge is 0.341 e. The van der Waals surface area contributed by atoms with Gasteiger partial charge in [0.15, 0.2) is 0 Å². The smallest absolute Gasteiger partial charge is 0.236 e. The van der Waals surface area contributed by atoms with Crippen molar-refractivity contribution in [3.63, 3.8) is 0 Å². The van der Waals surface area contributed by atoms with E-state index < -0.39 is 0 Å². The third kappa shape index (κ3) is 5.69. The summed E-state index contributed by atoms with van der Waals surface area (Å²) in [5.41, 5.74) is 2.32. The number of para-hydroxylation sites is 1. The molecule has 2 fully saturated rings. The Labute approximate surface area is 200 Å². The van der Waals surface area contributed by atoms with E-state index in [0.29, 0.717) is 12.5 Å². The van der Waals surface area contributed by atoms with Gasteiger partial charge in [-0.2, -0.15) is 0 Å². The molecule has 3 aromatic rings. The standard InChI is InChI=1S/C27H32N4OS/c32-26(21-30-18-16-29(17-19-30)14-6-10-22-8-2-1-3-9-22)31-15-7-11-23(20-31)27-28-24-12-4-5-13-25(24)33-27/h1-6,8-10,12-13,23H,7,11,14-21H2/b10-6+. The number of amides is 1. The fourth-order valence-corrected chi connectivity index (χ4v) is 5.89. The van der Waals surface area contributed by atoms with Crippen molar-refractivity contribution in [3.8, 4) is 0 Å². The van der Waals surface area contributed by atoms with E-state index in [0.717, 1.165) is 64.2 Å². The summed E-state index contributed by atoms with van der Waals surface area (Å²) in [6.45, 7) is 7.14. The van der Waals surface area contributed by atoms with Gasteiger partial charge in [-0.1, -0.05) is 54.6 Å². The quantitative estimate of drug-likeness (QED) is 0.549. The van der Waals surface area contributed by atoms with Gasteiger partial charge in [0.05, 0.1) is 21.8 Å². The topological polar surface area (TPSA) is 39.7 Å². The molecule has 6 heteroatoms. The SMILES string of the molecule is O=C(CN1CCN(C/C=C/c2ccccc2)CC1)N1CCCC(c2nc3ccccc3s2)C1. The summed E-state index contributed by atoms with van der Waals surface area (Å²) in [4.78, 5) is 24.8. The van der Waals surface area contributed by atoms with Gasteiger partial charge in [0.1, 0.15) is 0 Å². The number of carbonyl (C=O) groups is 1. The van der Waals surface area contributed by atoms with Crippen molar-refractivity contribution in [1.29, 1.82) is 0 Å². The zero-order valence-corrected chi connectivity index (χ0v) is 19.9. The normalized spacial score (nSPS) is 20.6. The minimum absolute atomic E-state index is 0.276. The Morgan fingerprint density at radius 1 is 0.970 bits per heavy atom. The number of likely N-dealkylation sites (tertiary alicyclic amines) is 1. The summed E-state index contributed by atoms with van der Waals surface area (Å²) in [5, 5.41) is 1.19. The molecule has 172 valence electrons. The Balaban J connectivity index is 1.09. The van der Waals surface area contributed by atoms with Crippen LogP contribution in [0.25, 0.3) is 16.3 Å². The highest BCUT2D eigenvalue weighted by Gasteiger charge is 2.28. The molecule has 0 N–H and O–H groups in total. The van der Waals surface area contributed by atoms with Crippen molar-refractivity contribution in [2.45, 2.75) is 18.8 Å². The van der Waals surface area contributed by atoms with Crippen molar-refractivity contribution in [2.75, 3.05) is 52.4 Å². The van der Waals surface area contributed by atoms with Crippen molar-refractivity contribution in [3.05, 3.63) is 71.2 Å². The van der Waals surface area contributed by atoms with E-state index in [2.05, 4.69) is 69.3 Å². The highest BCUT2D eigenvalue weighted by Crippen LogP contribution is 2.33. The summed E-state index contributed by atoms with van der Waals surface area (Å²) in [5.74, 6) is 0.645. The molecule has 2 aliphatic rings. The maximum absolute atomic E-state index is 13.1. The van der Waals surface area contributed by atoms with E-state index in [1.165, 1.54) is 15.3 Å². The first-order valence-corrected chi connectivity index (χ1v) is 12.9. The molecule has 0 bridgehead atoms. The third-order valence-electron chi connectivity index (χ3n) is 6.73. The molecule has 2 aliphatic heterocycles. The van der Waals surface area contributed by atoms with Gasteiger partial charge in [-0.25, -0.2) is 4.98 Å². The average Bonchev–Trinajstić information content (AvgIpc) is 3.30. The number of aromatic nitrogens is 1. The Morgan fingerprint density at radius 2 is 1.73 bits per heavy atom. The van der Waals surface area contributed by atoms with Gasteiger partial charge < -0.3 is 4.90 Å². The predicted molar refractivity (Wildman–Crippen MR) is 137 cm³/mol. The second kappa shape index (κ2) is 10.6. The van der Waals surface area contributed by atoms with Crippen LogP contribution in [0.1, 0.15) is 29.3 Å². The second-order valence-corrected chi connectivity index (χ2v) is 10.2. The van der Waals surface area contributed by atoms with Gasteiger partial charge in [-0.3, -0.25) is 14.6 Å². The number of piperidine rings is 1. The Bertz CT molecular complexity index is 1050. The van der Waals surface area contributed by atoms with Crippen molar-refractivity contribution in [1.82, 2.24) is 19.7 Å². The van der Waals surface area contributed by atoms with Crippen molar-refractivity contribution >= 4 is 33.5 Å². The molecule has 2 aromatic carbocycles. The summed E-state index contributed by atoms with van der Waals surface area (Å²) < 4.78 is 1.24. The molecular weight excluding hydrogens is 428 g/mol. The summed E-state index contributed by atoms with van der Waals surface area (Å²) in [6, 6.07) is 18.8. The lowest BCUT2D eigenvalue weighted by atomic mass is 9.98. The zero-order valence-electron chi connectivity index (χ0n) is 19.1. The Kier molecular flexibility index (Phi) is 7.15. The number of hydrogen-bond acceptors (Lipinski definition) is 5. The van der Waals surface area contributed by atoms with Crippen LogP contribution in [-0.4, -0.2) is 77.9 Å². The zero-order chi connectivity index (χ0) is 22.5. The van der Waals surface area contributed by atoms with Crippen LogP contribution >= 0.6 is 11.3 Å². The highest BCUT2D eigenvalue weighted by atomic mass is 32.1. The minimum Gasteiger partial charge on any atom is -0.341 e. The molecule has 1 aromatic heterocycles. The van der Waals surface area contributed by atoms with Crippen LogP contribution in [0.2, 0.25) is 0 Å². The van der Waals surface area contributed by atoms with E-state index in [-0.39, 0.29) is 5.91 Å². The van der Waals surface area contributed by atoms with Crippen LogP contribution in [0, 0.1) is 0 Å². The molecule has 0 aliphatic carbocycles. The number of hydrogen-bond donors (Lipinski definition) is 0. The van der Waals surface area contributed by atoms with E-state index >= 15 is 0 Å². The number of rotatable bonds is 6. The molecule has 2 saturated heterocycles.